The summed E-state index contributed by atoms with van der Waals surface area (Å²) in [4.78, 5) is 59.6. The number of fused-ring (bicyclic) bond motifs is 4. The molecule has 0 unspecified atom stereocenters. The molecule has 4 amide bonds. The molecule has 4 aliphatic rings. The normalized spacial score (nSPS) is 25.7. The zero-order valence-corrected chi connectivity index (χ0v) is 31.7. The Hall–Kier alpha value is -5.32. The number of methoxy groups -OCH3 is 1. The fraction of sp³-hybridized carbons (Fsp3) is 0.302. The number of halogens is 2. The van der Waals surface area contributed by atoms with Crippen LogP contribution in [0.2, 0.25) is 10.0 Å². The highest BCUT2D eigenvalue weighted by Crippen LogP contribution is 2.65. The van der Waals surface area contributed by atoms with Crippen molar-refractivity contribution in [2.24, 2.45) is 23.7 Å². The minimum Gasteiger partial charge on any atom is -0.508 e. The fourth-order valence-electron chi connectivity index (χ4n) is 9.30. The first-order chi connectivity index (χ1) is 26.6. The predicted molar refractivity (Wildman–Crippen MR) is 207 cm³/mol. The number of anilines is 1. The second-order valence-electron chi connectivity index (χ2n) is 14.5. The number of carbonyl (C=O) groups is 4. The minimum absolute atomic E-state index is 0.116. The average molecular weight is 781 g/mol. The van der Waals surface area contributed by atoms with Crippen LogP contribution in [0.1, 0.15) is 48.8 Å². The van der Waals surface area contributed by atoms with Crippen molar-refractivity contribution in [3.63, 3.8) is 0 Å². The molecular formula is C43H39Cl2N3O7. The van der Waals surface area contributed by atoms with Crippen LogP contribution in [-0.2, 0) is 31.2 Å². The number of hydrogen-bond donors (Lipinski definition) is 2. The van der Waals surface area contributed by atoms with Gasteiger partial charge in [0, 0.05) is 29.1 Å². The van der Waals surface area contributed by atoms with Crippen LogP contribution >= 0.6 is 23.2 Å². The molecule has 2 aliphatic carbocycles. The van der Waals surface area contributed by atoms with Gasteiger partial charge in [-0.25, -0.2) is 0 Å². The molecule has 0 spiro atoms. The van der Waals surface area contributed by atoms with E-state index in [1.165, 1.54) is 17.0 Å². The number of amides is 4. The quantitative estimate of drug-likeness (QED) is 0.124. The Morgan fingerprint density at radius 3 is 2.31 bits per heavy atom. The fourth-order valence-corrected chi connectivity index (χ4v) is 9.75. The van der Waals surface area contributed by atoms with Gasteiger partial charge < -0.3 is 14.6 Å². The molecule has 10 nitrogen and oxygen atoms in total. The number of phenolic OH excluding ortho intramolecular Hbond substituents is 1. The first kappa shape index (κ1) is 36.6. The van der Waals surface area contributed by atoms with Crippen molar-refractivity contribution in [2.45, 2.75) is 44.1 Å². The summed E-state index contributed by atoms with van der Waals surface area (Å²) in [7, 11) is 1.54. The molecule has 1 saturated carbocycles. The van der Waals surface area contributed by atoms with E-state index in [9.17, 15) is 19.5 Å². The number of hydrogen-bond acceptors (Lipinski definition) is 8. The molecule has 2 N–H and O–H groups in total. The van der Waals surface area contributed by atoms with Gasteiger partial charge in [0.15, 0.2) is 0 Å². The first-order valence-electron chi connectivity index (χ1n) is 18.4. The van der Waals surface area contributed by atoms with Crippen molar-refractivity contribution >= 4 is 52.5 Å². The number of allylic oxidation sites excluding steroid dienone is 2. The van der Waals surface area contributed by atoms with E-state index >= 15 is 4.79 Å². The topological polar surface area (TPSA) is 125 Å². The maximum atomic E-state index is 15.5. The summed E-state index contributed by atoms with van der Waals surface area (Å²) in [6.45, 7) is 2.49. The Kier molecular flexibility index (Phi) is 9.59. The van der Waals surface area contributed by atoms with Gasteiger partial charge in [-0.15, -0.1) is 0 Å². The lowest BCUT2D eigenvalue weighted by Crippen LogP contribution is -2.53. The van der Waals surface area contributed by atoms with Crippen LogP contribution in [0.25, 0.3) is 0 Å². The van der Waals surface area contributed by atoms with Crippen LogP contribution in [-0.4, -0.2) is 52.3 Å². The minimum atomic E-state index is -1.61. The Bertz CT molecular complexity index is 2230. The third-order valence-corrected chi connectivity index (χ3v) is 12.2. The molecule has 6 atom stereocenters. The summed E-state index contributed by atoms with van der Waals surface area (Å²) in [6.07, 6.45) is 2.97. The number of rotatable bonds is 10. The number of hydrazine groups is 1. The van der Waals surface area contributed by atoms with Crippen LogP contribution in [0.3, 0.4) is 0 Å². The number of aromatic hydroxyl groups is 1. The van der Waals surface area contributed by atoms with Gasteiger partial charge in [-0.3, -0.25) is 29.5 Å². The molecule has 4 aromatic rings. The largest absolute Gasteiger partial charge is 0.508 e. The van der Waals surface area contributed by atoms with Crippen LogP contribution in [0, 0.1) is 23.7 Å². The lowest BCUT2D eigenvalue weighted by Gasteiger charge is -2.50. The third-order valence-electron chi connectivity index (χ3n) is 11.7. The maximum absolute atomic E-state index is 15.5. The number of nitrogens with zero attached hydrogens (tertiary/aromatic N) is 2. The average Bonchev–Trinajstić information content (AvgIpc) is 3.56. The summed E-state index contributed by atoms with van der Waals surface area (Å²) in [5, 5.41) is 13.6. The zero-order chi connectivity index (χ0) is 38.6. The van der Waals surface area contributed by atoms with E-state index in [1.807, 2.05) is 43.3 Å². The molecule has 0 bridgehead atoms. The maximum Gasteiger partial charge on any atom is 0.260 e. The highest BCUT2D eigenvalue weighted by Gasteiger charge is 2.70. The van der Waals surface area contributed by atoms with E-state index < -0.39 is 46.8 Å². The molecule has 12 heteroatoms. The van der Waals surface area contributed by atoms with Gasteiger partial charge >= 0.3 is 0 Å². The lowest BCUT2D eigenvalue weighted by molar-refractivity contribution is -0.141. The molecule has 2 saturated heterocycles. The lowest BCUT2D eigenvalue weighted by atomic mass is 9.49. The standard InChI is InChI=1S/C43H39Cl2N3O7/c1-3-19-47-39(50)31-17-16-29-32(37(31)41(47)52)22-33-40(51)48(46-35-18-11-26(44)20-34(35)45)42(53)43(33,25-9-12-27(54-2)13-10-25)38(29)30-15-14-28(21-36(30)49)55-23-24-7-5-4-6-8-24/h4-16,18,20-21,31-33,37-38,46,49H,3,17,19,22-23H2,1-2H3/t31-,32+,33-,37-,38+,43+/m0/s1. The Balaban J connectivity index is 1.31. The highest BCUT2D eigenvalue weighted by atomic mass is 35.5. The molecule has 3 fully saturated rings. The summed E-state index contributed by atoms with van der Waals surface area (Å²) < 4.78 is 11.5. The van der Waals surface area contributed by atoms with E-state index in [1.54, 1.807) is 55.6 Å². The van der Waals surface area contributed by atoms with E-state index in [0.717, 1.165) is 16.1 Å². The van der Waals surface area contributed by atoms with E-state index in [2.05, 4.69) is 5.43 Å². The SMILES string of the molecule is CCCN1C(=O)[C@H]2[C@H](CC=C3[C@H]2C[C@H]2C(=O)N(Nc4ccc(Cl)cc4Cl)C(=O)[C@@]2(c2ccc(OC)cc2)[C@H]3c2ccc(OCc3ccccc3)cc2O)C1=O. The van der Waals surface area contributed by atoms with Crippen LogP contribution in [0.15, 0.2) is 103 Å². The number of carbonyl (C=O) groups excluding carboxylic acids is 4. The van der Waals surface area contributed by atoms with Gasteiger partial charge in [0.05, 0.1) is 41.0 Å². The van der Waals surface area contributed by atoms with Crippen LogP contribution in [0.4, 0.5) is 5.69 Å². The molecular weight excluding hydrogens is 741 g/mol. The number of likely N-dealkylation sites (tertiary alicyclic amines) is 1. The second-order valence-corrected chi connectivity index (χ2v) is 15.4. The van der Waals surface area contributed by atoms with Crippen molar-refractivity contribution in [1.29, 1.82) is 0 Å². The van der Waals surface area contributed by atoms with Gasteiger partial charge in [-0.05, 0) is 72.7 Å². The Morgan fingerprint density at radius 1 is 0.873 bits per heavy atom. The highest BCUT2D eigenvalue weighted by molar-refractivity contribution is 6.36. The number of benzene rings is 4. The first-order valence-corrected chi connectivity index (χ1v) is 19.1. The van der Waals surface area contributed by atoms with Crippen molar-refractivity contribution in [3.05, 3.63) is 129 Å². The Morgan fingerprint density at radius 2 is 1.62 bits per heavy atom. The van der Waals surface area contributed by atoms with Crippen LogP contribution < -0.4 is 14.9 Å². The number of imide groups is 2. The van der Waals surface area contributed by atoms with Gasteiger partial charge in [-0.1, -0.05) is 90.3 Å². The summed E-state index contributed by atoms with van der Waals surface area (Å²) in [5.41, 5.74) is 4.26. The molecule has 2 aliphatic heterocycles. The predicted octanol–water partition coefficient (Wildman–Crippen LogP) is 7.68. The molecule has 0 radical (unpaired) electrons. The molecule has 55 heavy (non-hydrogen) atoms. The zero-order valence-electron chi connectivity index (χ0n) is 30.2. The van der Waals surface area contributed by atoms with E-state index in [-0.39, 0.29) is 42.0 Å². The second kappa shape index (κ2) is 14.4. The summed E-state index contributed by atoms with van der Waals surface area (Å²) >= 11 is 12.7. The van der Waals surface area contributed by atoms with Crippen molar-refractivity contribution in [2.75, 3.05) is 19.1 Å². The van der Waals surface area contributed by atoms with E-state index in [4.69, 9.17) is 32.7 Å². The number of nitrogens with one attached hydrogen (secondary N) is 1. The smallest absolute Gasteiger partial charge is 0.260 e. The molecule has 4 aromatic carbocycles. The van der Waals surface area contributed by atoms with Crippen LogP contribution in [0.5, 0.6) is 17.2 Å². The molecule has 282 valence electrons. The van der Waals surface area contributed by atoms with Crippen molar-refractivity contribution in [3.8, 4) is 17.2 Å². The summed E-state index contributed by atoms with van der Waals surface area (Å²) in [5.74, 6) is -4.57. The monoisotopic (exact) mass is 779 g/mol. The molecule has 0 aromatic heterocycles. The van der Waals surface area contributed by atoms with E-state index in [0.29, 0.717) is 46.3 Å². The Labute approximate surface area is 328 Å². The molecule has 2 heterocycles. The van der Waals surface area contributed by atoms with Crippen molar-refractivity contribution < 1.29 is 33.8 Å². The van der Waals surface area contributed by atoms with Crippen molar-refractivity contribution in [1.82, 2.24) is 9.91 Å². The van der Waals surface area contributed by atoms with Gasteiger partial charge in [0.1, 0.15) is 23.9 Å². The number of phenols is 1. The van der Waals surface area contributed by atoms with Gasteiger partial charge in [0.2, 0.25) is 11.8 Å². The number of ether oxygens (including phenoxy) is 2. The summed E-state index contributed by atoms with van der Waals surface area (Å²) in [6, 6.07) is 26.3. The third kappa shape index (κ3) is 5.94. The molecule has 8 rings (SSSR count). The van der Waals surface area contributed by atoms with Gasteiger partial charge in [0.25, 0.3) is 11.8 Å². The van der Waals surface area contributed by atoms with Gasteiger partial charge in [-0.2, -0.15) is 5.01 Å².